The normalized spacial score (nSPS) is 22.0. The predicted octanol–water partition coefficient (Wildman–Crippen LogP) is 2.76. The van der Waals surface area contributed by atoms with Gasteiger partial charge in [0.15, 0.2) is 0 Å². The lowest BCUT2D eigenvalue weighted by atomic mass is 9.94. The molecule has 142 valence electrons. The van der Waals surface area contributed by atoms with Crippen molar-refractivity contribution in [3.8, 4) is 5.75 Å². The Bertz CT molecular complexity index is 895. The number of urea groups is 1. The summed E-state index contributed by atoms with van der Waals surface area (Å²) in [4.78, 5) is 31.0. The van der Waals surface area contributed by atoms with Gasteiger partial charge in [-0.25, -0.2) is 4.79 Å². The number of benzene rings is 2. The molecule has 2 aromatic carbocycles. The quantitative estimate of drug-likeness (QED) is 0.843. The number of amides is 3. The van der Waals surface area contributed by atoms with E-state index in [4.69, 9.17) is 0 Å². The molecule has 2 aromatic rings. The van der Waals surface area contributed by atoms with E-state index >= 15 is 0 Å². The van der Waals surface area contributed by atoms with Crippen LogP contribution in [0.4, 0.5) is 4.79 Å². The summed E-state index contributed by atoms with van der Waals surface area (Å²) in [6, 6.07) is 11.1. The Kier molecular flexibility index (Phi) is 4.42. The number of hydrogen-bond donors (Lipinski definition) is 1. The van der Waals surface area contributed by atoms with Crippen LogP contribution in [0.5, 0.6) is 5.75 Å². The van der Waals surface area contributed by atoms with Crippen LogP contribution in [0.2, 0.25) is 0 Å². The summed E-state index contributed by atoms with van der Waals surface area (Å²) >= 11 is 0. The maximum Gasteiger partial charge on any atom is 0.319 e. The molecule has 3 saturated heterocycles. The molecule has 0 spiro atoms. The lowest BCUT2D eigenvalue weighted by Crippen LogP contribution is -2.48. The summed E-state index contributed by atoms with van der Waals surface area (Å²) in [5.41, 5.74) is 0.340. The van der Waals surface area contributed by atoms with Crippen molar-refractivity contribution >= 4 is 22.7 Å². The first kappa shape index (κ1) is 17.6. The van der Waals surface area contributed by atoms with Crippen molar-refractivity contribution in [2.24, 2.45) is 5.92 Å². The van der Waals surface area contributed by atoms with E-state index < -0.39 is 0 Å². The van der Waals surface area contributed by atoms with E-state index in [2.05, 4.69) is 0 Å². The molecule has 0 aromatic heterocycles. The average molecular weight is 367 g/mol. The topological polar surface area (TPSA) is 64.1 Å². The van der Waals surface area contributed by atoms with Gasteiger partial charge in [0.1, 0.15) is 5.75 Å². The molecule has 0 aliphatic carbocycles. The second-order valence-corrected chi connectivity index (χ2v) is 7.82. The molecule has 6 heteroatoms. The monoisotopic (exact) mass is 367 g/mol. The number of carbonyl (C=O) groups is 2. The highest BCUT2D eigenvalue weighted by atomic mass is 16.3. The molecule has 6 nitrogen and oxygen atoms in total. The van der Waals surface area contributed by atoms with Crippen LogP contribution in [0, 0.1) is 5.92 Å². The van der Waals surface area contributed by atoms with Gasteiger partial charge in [-0.2, -0.15) is 0 Å². The Hall–Kier alpha value is -2.76. The largest absolute Gasteiger partial charge is 0.506 e. The van der Waals surface area contributed by atoms with Crippen LogP contribution in [-0.2, 0) is 0 Å². The van der Waals surface area contributed by atoms with E-state index in [0.29, 0.717) is 30.6 Å². The Morgan fingerprint density at radius 2 is 1.81 bits per heavy atom. The Labute approximate surface area is 159 Å². The summed E-state index contributed by atoms with van der Waals surface area (Å²) in [5, 5.41) is 12.3. The van der Waals surface area contributed by atoms with E-state index in [1.807, 2.05) is 40.1 Å². The fourth-order valence-corrected chi connectivity index (χ4v) is 4.35. The molecule has 1 N–H and O–H groups in total. The maximum atomic E-state index is 13.3. The van der Waals surface area contributed by atoms with E-state index in [1.165, 1.54) is 0 Å². The van der Waals surface area contributed by atoms with Crippen LogP contribution in [-0.4, -0.2) is 71.5 Å². The zero-order valence-corrected chi connectivity index (χ0v) is 15.8. The molecule has 2 bridgehead atoms. The fraction of sp³-hybridized carbons (Fsp3) is 0.429. The van der Waals surface area contributed by atoms with Crippen LogP contribution in [0.15, 0.2) is 36.4 Å². The van der Waals surface area contributed by atoms with E-state index in [1.54, 1.807) is 25.1 Å². The van der Waals surface area contributed by atoms with Gasteiger partial charge in [-0.3, -0.25) is 4.79 Å². The lowest BCUT2D eigenvalue weighted by molar-refractivity contribution is 0.0583. The highest BCUT2D eigenvalue weighted by Gasteiger charge is 2.39. The van der Waals surface area contributed by atoms with Gasteiger partial charge < -0.3 is 19.8 Å². The Balaban J connectivity index is 1.63. The molecule has 0 radical (unpaired) electrons. The number of aromatic hydroxyl groups is 1. The molecule has 3 aliphatic heterocycles. The minimum absolute atomic E-state index is 0.00486. The smallest absolute Gasteiger partial charge is 0.319 e. The van der Waals surface area contributed by atoms with Crippen LogP contribution >= 0.6 is 0 Å². The number of carbonyl (C=O) groups excluding carboxylic acids is 2. The van der Waals surface area contributed by atoms with Gasteiger partial charge in [0, 0.05) is 45.2 Å². The molecule has 27 heavy (non-hydrogen) atoms. The average Bonchev–Trinajstić information content (AvgIpc) is 2.99. The highest BCUT2D eigenvalue weighted by molar-refractivity contribution is 6.03. The molecular formula is C21H25N3O3. The van der Waals surface area contributed by atoms with Gasteiger partial charge in [-0.15, -0.1) is 0 Å². The van der Waals surface area contributed by atoms with E-state index in [0.717, 1.165) is 18.2 Å². The van der Waals surface area contributed by atoms with Gasteiger partial charge in [-0.1, -0.05) is 30.3 Å². The van der Waals surface area contributed by atoms with Gasteiger partial charge in [-0.05, 0) is 30.2 Å². The van der Waals surface area contributed by atoms with Crippen LogP contribution in [0.3, 0.4) is 0 Å². The first-order chi connectivity index (χ1) is 13.0. The SMILES string of the molecule is CN(C)C(=O)N1C[C@H]2CC[C@@H](C1)N(C(=O)c1ccc3ccccc3c1O)C2. The second kappa shape index (κ2) is 6.76. The van der Waals surface area contributed by atoms with Crippen LogP contribution in [0.1, 0.15) is 23.2 Å². The van der Waals surface area contributed by atoms with Crippen molar-refractivity contribution in [3.05, 3.63) is 42.0 Å². The van der Waals surface area contributed by atoms with Gasteiger partial charge >= 0.3 is 6.03 Å². The van der Waals surface area contributed by atoms with Crippen LogP contribution in [0.25, 0.3) is 10.8 Å². The minimum atomic E-state index is -0.146. The highest BCUT2D eigenvalue weighted by Crippen LogP contribution is 2.33. The third-order valence-corrected chi connectivity index (χ3v) is 5.76. The lowest BCUT2D eigenvalue weighted by Gasteiger charge is -2.36. The van der Waals surface area contributed by atoms with Gasteiger partial charge in [0.05, 0.1) is 5.56 Å². The second-order valence-electron chi connectivity index (χ2n) is 7.82. The third kappa shape index (κ3) is 3.09. The van der Waals surface area contributed by atoms with Crippen molar-refractivity contribution in [1.82, 2.24) is 14.7 Å². The first-order valence-electron chi connectivity index (χ1n) is 9.43. The molecule has 3 amide bonds. The first-order valence-corrected chi connectivity index (χ1v) is 9.43. The zero-order valence-electron chi connectivity index (χ0n) is 15.8. The molecular weight excluding hydrogens is 342 g/mol. The van der Waals surface area contributed by atoms with Crippen molar-refractivity contribution in [1.29, 1.82) is 0 Å². The number of rotatable bonds is 1. The number of fused-ring (bicyclic) bond motifs is 5. The number of nitrogens with zero attached hydrogens (tertiary/aromatic N) is 3. The van der Waals surface area contributed by atoms with E-state index in [-0.39, 0.29) is 29.6 Å². The van der Waals surface area contributed by atoms with Crippen molar-refractivity contribution in [2.45, 2.75) is 18.9 Å². The standard InChI is InChI=1S/C21H25N3O3/c1-22(2)21(27)23-11-14-7-9-16(13-23)24(12-14)20(26)18-10-8-15-5-3-4-6-17(15)19(18)25/h3-6,8,10,14,16,25H,7,9,11-13H2,1-2H3/t14-,16+/m1/s1. The minimum Gasteiger partial charge on any atom is -0.506 e. The van der Waals surface area contributed by atoms with Crippen molar-refractivity contribution < 1.29 is 14.7 Å². The molecule has 0 unspecified atom stereocenters. The Morgan fingerprint density at radius 3 is 2.59 bits per heavy atom. The molecule has 3 fully saturated rings. The molecule has 5 rings (SSSR count). The van der Waals surface area contributed by atoms with Crippen LogP contribution < -0.4 is 0 Å². The number of piperidine rings is 1. The van der Waals surface area contributed by atoms with Crippen molar-refractivity contribution in [2.75, 3.05) is 33.7 Å². The number of phenols is 1. The van der Waals surface area contributed by atoms with Gasteiger partial charge in [0.2, 0.25) is 0 Å². The fourth-order valence-electron chi connectivity index (χ4n) is 4.35. The molecule has 3 heterocycles. The third-order valence-electron chi connectivity index (χ3n) is 5.76. The molecule has 3 aliphatic rings. The summed E-state index contributed by atoms with van der Waals surface area (Å²) in [6.07, 6.45) is 1.91. The zero-order chi connectivity index (χ0) is 19.1. The van der Waals surface area contributed by atoms with Gasteiger partial charge in [0.25, 0.3) is 5.91 Å². The summed E-state index contributed by atoms with van der Waals surface area (Å²) in [5.74, 6) is 0.172. The predicted molar refractivity (Wildman–Crippen MR) is 104 cm³/mol. The molecule has 0 saturated carbocycles. The summed E-state index contributed by atoms with van der Waals surface area (Å²) in [6.45, 7) is 1.86. The summed E-state index contributed by atoms with van der Waals surface area (Å²) < 4.78 is 0. The molecule has 2 atom stereocenters. The number of phenolic OH excluding ortho intramolecular Hbond substituents is 1. The van der Waals surface area contributed by atoms with Crippen molar-refractivity contribution in [3.63, 3.8) is 0 Å². The Morgan fingerprint density at radius 1 is 1.04 bits per heavy atom. The number of hydrogen-bond acceptors (Lipinski definition) is 3. The van der Waals surface area contributed by atoms with E-state index in [9.17, 15) is 14.7 Å². The maximum absolute atomic E-state index is 13.3. The summed E-state index contributed by atoms with van der Waals surface area (Å²) in [7, 11) is 3.51.